The molecule has 58 heavy (non-hydrogen) atoms. The third-order valence-corrected chi connectivity index (χ3v) is 9.36. The van der Waals surface area contributed by atoms with E-state index in [0.29, 0.717) is 19.3 Å². The second-order valence-electron chi connectivity index (χ2n) is 15.7. The number of allylic oxidation sites excluding steroid dienone is 16. The van der Waals surface area contributed by atoms with Gasteiger partial charge in [-0.15, -0.1) is 0 Å². The number of hydrogen-bond donors (Lipinski definition) is 1. The van der Waals surface area contributed by atoms with E-state index in [1.54, 1.807) is 0 Å². The largest absolute Gasteiger partial charge is 0.477 e. The van der Waals surface area contributed by atoms with Gasteiger partial charge in [0.05, 0.1) is 34.4 Å². The van der Waals surface area contributed by atoms with Gasteiger partial charge in [-0.05, 0) is 57.8 Å². The van der Waals surface area contributed by atoms with Crippen molar-refractivity contribution in [1.82, 2.24) is 0 Å². The first-order chi connectivity index (χ1) is 28.1. The third-order valence-electron chi connectivity index (χ3n) is 9.36. The number of carbonyl (C=O) groups excluding carboxylic acids is 2. The zero-order valence-corrected chi connectivity index (χ0v) is 37.2. The maximum Gasteiger partial charge on any atom is 0.362 e. The fraction of sp³-hybridized carbons (Fsp3) is 0.620. The first-order valence-electron chi connectivity index (χ1n) is 22.3. The Hall–Kier alpha value is -3.75. The van der Waals surface area contributed by atoms with E-state index in [0.717, 1.165) is 51.4 Å². The molecule has 0 heterocycles. The molecule has 8 heteroatoms. The van der Waals surface area contributed by atoms with E-state index in [2.05, 4.69) is 56.4 Å². The molecule has 0 aliphatic heterocycles. The fourth-order valence-electron chi connectivity index (χ4n) is 5.96. The SMILES string of the molecule is CC/C=C/C=C/C=C/C=C/C=C/CCCC(=O)OC(COCCC(C(=O)O)[N+](C)(C)C)COC(=O)CCCCCCCCCCCCC/C=C/C/C=C/C/C=C/CC. The van der Waals surface area contributed by atoms with E-state index in [1.165, 1.54) is 57.8 Å². The van der Waals surface area contributed by atoms with Crippen molar-refractivity contribution >= 4 is 17.9 Å². The van der Waals surface area contributed by atoms with E-state index < -0.39 is 18.1 Å². The predicted molar refractivity (Wildman–Crippen MR) is 243 cm³/mol. The topological polar surface area (TPSA) is 99.1 Å². The van der Waals surface area contributed by atoms with Crippen molar-refractivity contribution in [2.75, 3.05) is 41.0 Å². The minimum absolute atomic E-state index is 0.0257. The Morgan fingerprint density at radius 2 is 1.02 bits per heavy atom. The van der Waals surface area contributed by atoms with Gasteiger partial charge in [0, 0.05) is 19.3 Å². The molecule has 2 unspecified atom stereocenters. The van der Waals surface area contributed by atoms with Crippen molar-refractivity contribution in [1.29, 1.82) is 0 Å². The number of hydrogen-bond acceptors (Lipinski definition) is 6. The third kappa shape index (κ3) is 37.8. The number of likely N-dealkylation sites (N-methyl/N-ethyl adjacent to an activating group) is 1. The molecule has 0 aromatic carbocycles. The Morgan fingerprint density at radius 3 is 1.59 bits per heavy atom. The van der Waals surface area contributed by atoms with Crippen LogP contribution in [-0.2, 0) is 28.6 Å². The number of aliphatic carboxylic acids is 1. The highest BCUT2D eigenvalue weighted by Gasteiger charge is 2.31. The van der Waals surface area contributed by atoms with Crippen LogP contribution in [0.15, 0.2) is 97.2 Å². The Labute approximate surface area is 354 Å². The summed E-state index contributed by atoms with van der Waals surface area (Å²) < 4.78 is 17.2. The van der Waals surface area contributed by atoms with Crippen LogP contribution in [0, 0.1) is 0 Å². The molecule has 0 aliphatic rings. The Morgan fingerprint density at radius 1 is 0.534 bits per heavy atom. The van der Waals surface area contributed by atoms with Gasteiger partial charge in [0.1, 0.15) is 6.61 Å². The number of rotatable bonds is 38. The molecule has 0 aromatic heterocycles. The van der Waals surface area contributed by atoms with Gasteiger partial charge < -0.3 is 23.8 Å². The summed E-state index contributed by atoms with van der Waals surface area (Å²) >= 11 is 0. The molecule has 0 amide bonds. The highest BCUT2D eigenvalue weighted by molar-refractivity contribution is 5.72. The monoisotopic (exact) mass is 809 g/mol. The smallest absolute Gasteiger partial charge is 0.362 e. The van der Waals surface area contributed by atoms with Crippen molar-refractivity contribution in [3.63, 3.8) is 0 Å². The van der Waals surface area contributed by atoms with Gasteiger partial charge in [0.25, 0.3) is 0 Å². The molecule has 0 aromatic rings. The summed E-state index contributed by atoms with van der Waals surface area (Å²) in [6.07, 6.45) is 53.3. The van der Waals surface area contributed by atoms with Crippen LogP contribution in [0.3, 0.4) is 0 Å². The van der Waals surface area contributed by atoms with Crippen LogP contribution in [0.4, 0.5) is 0 Å². The summed E-state index contributed by atoms with van der Waals surface area (Å²) in [5.74, 6) is -1.58. The second-order valence-corrected chi connectivity index (χ2v) is 15.7. The number of esters is 2. The molecule has 0 bridgehead atoms. The Balaban J connectivity index is 4.36. The number of unbranched alkanes of at least 4 members (excludes halogenated alkanes) is 12. The van der Waals surface area contributed by atoms with Crippen molar-refractivity contribution in [2.24, 2.45) is 0 Å². The minimum atomic E-state index is -0.891. The molecule has 1 N–H and O–H groups in total. The van der Waals surface area contributed by atoms with Crippen LogP contribution in [0.5, 0.6) is 0 Å². The summed E-state index contributed by atoms with van der Waals surface area (Å²) in [7, 11) is 5.49. The molecular weight excluding hydrogens is 727 g/mol. The molecule has 8 nitrogen and oxygen atoms in total. The number of nitrogens with zero attached hydrogens (tertiary/aromatic N) is 1. The number of carboxylic acid groups (broad SMARTS) is 1. The molecule has 2 atom stereocenters. The number of carboxylic acids is 1. The first-order valence-corrected chi connectivity index (χ1v) is 22.3. The van der Waals surface area contributed by atoms with Crippen LogP contribution in [-0.4, -0.2) is 80.6 Å². The molecule has 0 aliphatic carbocycles. The normalized spacial score (nSPS) is 13.9. The summed E-state index contributed by atoms with van der Waals surface area (Å²) in [6.45, 7) is 4.38. The molecule has 328 valence electrons. The number of ether oxygens (including phenoxy) is 3. The number of carbonyl (C=O) groups is 3. The van der Waals surface area contributed by atoms with E-state index in [1.807, 2.05) is 75.8 Å². The van der Waals surface area contributed by atoms with Crippen molar-refractivity contribution in [3.8, 4) is 0 Å². The standard InChI is InChI=1S/C50H81NO7/c1-6-8-10-12-14-16-18-20-21-22-23-24-25-26-27-29-30-32-34-36-38-40-48(52)57-45-46(44-56-43-42-47(50(54)55)51(3,4)5)58-49(53)41-39-37-35-33-31-28-19-17-15-13-11-9-7-2/h8-11,13-17,19-21,28,31,33,35,46-47H,6-7,12,18,22-27,29-30,32,34,36-45H2,1-5H3/p+1/b10-8+,11-9+,15-13+,16-14+,19-17+,21-20+,31-28+,35-33+. The molecule has 0 spiro atoms. The van der Waals surface area contributed by atoms with Crippen molar-refractivity contribution in [3.05, 3.63) is 97.2 Å². The minimum Gasteiger partial charge on any atom is -0.477 e. The van der Waals surface area contributed by atoms with E-state index in [9.17, 15) is 19.5 Å². The zero-order chi connectivity index (χ0) is 42.8. The molecule has 0 saturated heterocycles. The quantitative estimate of drug-likeness (QED) is 0.0218. The van der Waals surface area contributed by atoms with Crippen LogP contribution in [0.2, 0.25) is 0 Å². The molecule has 0 radical (unpaired) electrons. The van der Waals surface area contributed by atoms with Gasteiger partial charge in [-0.25, -0.2) is 4.79 Å². The van der Waals surface area contributed by atoms with Crippen LogP contribution >= 0.6 is 0 Å². The molecule has 0 rings (SSSR count). The Kier molecular flexibility index (Phi) is 37.5. The molecular formula is C50H82NO7+. The average molecular weight is 809 g/mol. The summed E-state index contributed by atoms with van der Waals surface area (Å²) in [5, 5.41) is 9.61. The summed E-state index contributed by atoms with van der Waals surface area (Å²) in [4.78, 5) is 36.9. The highest BCUT2D eigenvalue weighted by Crippen LogP contribution is 2.14. The van der Waals surface area contributed by atoms with Crippen LogP contribution in [0.1, 0.15) is 149 Å². The average Bonchev–Trinajstić information content (AvgIpc) is 3.18. The fourth-order valence-corrected chi connectivity index (χ4v) is 5.96. The zero-order valence-electron chi connectivity index (χ0n) is 37.2. The highest BCUT2D eigenvalue weighted by atomic mass is 16.6. The van der Waals surface area contributed by atoms with Gasteiger partial charge in [0.15, 0.2) is 12.1 Å². The van der Waals surface area contributed by atoms with E-state index in [4.69, 9.17) is 14.2 Å². The summed E-state index contributed by atoms with van der Waals surface area (Å²) in [6, 6.07) is -0.633. The first kappa shape index (κ1) is 54.2. The van der Waals surface area contributed by atoms with Gasteiger partial charge in [-0.1, -0.05) is 169 Å². The Bertz CT molecular complexity index is 1260. The lowest BCUT2D eigenvalue weighted by Crippen LogP contribution is -2.50. The van der Waals surface area contributed by atoms with E-state index >= 15 is 0 Å². The van der Waals surface area contributed by atoms with Gasteiger partial charge in [0.2, 0.25) is 0 Å². The lowest BCUT2D eigenvalue weighted by Gasteiger charge is -2.31. The predicted octanol–water partition coefficient (Wildman–Crippen LogP) is 12.3. The van der Waals surface area contributed by atoms with E-state index in [-0.39, 0.29) is 42.7 Å². The van der Waals surface area contributed by atoms with Gasteiger partial charge in [-0.3, -0.25) is 9.59 Å². The lowest BCUT2D eigenvalue weighted by molar-refractivity contribution is -0.887. The van der Waals surface area contributed by atoms with Crippen molar-refractivity contribution in [2.45, 2.75) is 161 Å². The second kappa shape index (κ2) is 40.0. The lowest BCUT2D eigenvalue weighted by atomic mass is 10.0. The maximum atomic E-state index is 12.7. The number of quaternary nitrogens is 1. The molecule has 0 saturated carbocycles. The van der Waals surface area contributed by atoms with Gasteiger partial charge >= 0.3 is 17.9 Å². The van der Waals surface area contributed by atoms with Gasteiger partial charge in [-0.2, -0.15) is 0 Å². The van der Waals surface area contributed by atoms with Crippen molar-refractivity contribution < 1.29 is 38.2 Å². The molecule has 0 fully saturated rings. The van der Waals surface area contributed by atoms with Crippen LogP contribution in [0.25, 0.3) is 0 Å². The van der Waals surface area contributed by atoms with Crippen LogP contribution < -0.4 is 0 Å². The maximum absolute atomic E-state index is 12.7. The summed E-state index contributed by atoms with van der Waals surface area (Å²) in [5.41, 5.74) is 0.